The maximum atomic E-state index is 13.0. The summed E-state index contributed by atoms with van der Waals surface area (Å²) in [5.41, 5.74) is 1.30. The number of furan rings is 1. The number of carbonyl (C=O) groups is 1. The zero-order chi connectivity index (χ0) is 24.2. The van der Waals surface area contributed by atoms with Crippen LogP contribution < -0.4 is 9.47 Å². The van der Waals surface area contributed by atoms with Crippen molar-refractivity contribution in [2.24, 2.45) is 0 Å². The van der Waals surface area contributed by atoms with Gasteiger partial charge in [0.2, 0.25) is 0 Å². The number of benzene rings is 2. The van der Waals surface area contributed by atoms with Crippen LogP contribution in [0.5, 0.6) is 11.5 Å². The lowest BCUT2D eigenvalue weighted by Gasteiger charge is -2.15. The van der Waals surface area contributed by atoms with Crippen LogP contribution in [0.3, 0.4) is 0 Å². The maximum absolute atomic E-state index is 13.0. The molecule has 4 rings (SSSR count). The van der Waals surface area contributed by atoms with Crippen LogP contribution in [0.4, 0.5) is 5.69 Å². The number of nitro benzene ring substituents is 1. The molecule has 2 aromatic carbocycles. The molecule has 1 amide bonds. The Morgan fingerprint density at radius 1 is 1.12 bits per heavy atom. The second-order valence-electron chi connectivity index (χ2n) is 7.25. The number of nitrogens with zero attached hydrogens (tertiary/aromatic N) is 2. The highest BCUT2D eigenvalue weighted by Gasteiger charge is 2.32. The van der Waals surface area contributed by atoms with Gasteiger partial charge in [-0.05, 0) is 42.3 Å². The van der Waals surface area contributed by atoms with Gasteiger partial charge in [0, 0.05) is 18.7 Å². The Bertz CT molecular complexity index is 1300. The Morgan fingerprint density at radius 2 is 1.88 bits per heavy atom. The van der Waals surface area contributed by atoms with E-state index in [4.69, 9.17) is 26.1 Å². The molecule has 0 radical (unpaired) electrons. The quantitative estimate of drug-likeness (QED) is 0.179. The standard InChI is InChI=1S/C24H20N2O6S2/c1-30-20-9-7-15(13-21(20)31-2)11-12-25-23(27)22(34-24(25)33)14-16-8-10-19(32-16)17-5-3-4-6-18(17)26(28)29/h3-10,13-14H,11-12H2,1-2H3/b22-14+. The van der Waals surface area contributed by atoms with Crippen LogP contribution >= 0.6 is 24.0 Å². The molecule has 1 fully saturated rings. The Hall–Kier alpha value is -3.63. The van der Waals surface area contributed by atoms with E-state index in [1.54, 1.807) is 55.5 Å². The minimum atomic E-state index is -0.457. The molecule has 2 heterocycles. The normalized spacial score (nSPS) is 14.6. The summed E-state index contributed by atoms with van der Waals surface area (Å²) < 4.78 is 16.8. The second kappa shape index (κ2) is 10.1. The Balaban J connectivity index is 1.48. The van der Waals surface area contributed by atoms with Crippen molar-refractivity contribution in [1.82, 2.24) is 4.90 Å². The number of carbonyl (C=O) groups excluding carboxylic acids is 1. The van der Waals surface area contributed by atoms with Gasteiger partial charge in [0.1, 0.15) is 15.8 Å². The first-order chi connectivity index (χ1) is 16.4. The lowest BCUT2D eigenvalue weighted by atomic mass is 10.1. The summed E-state index contributed by atoms with van der Waals surface area (Å²) in [5, 5.41) is 11.3. The van der Waals surface area contributed by atoms with E-state index in [9.17, 15) is 14.9 Å². The SMILES string of the molecule is COc1ccc(CCN2C(=O)/C(=C\c3ccc(-c4ccccc4[N+](=O)[O-])o3)SC2=S)cc1OC. The van der Waals surface area contributed by atoms with Crippen molar-refractivity contribution in [2.45, 2.75) is 6.42 Å². The van der Waals surface area contributed by atoms with E-state index in [1.165, 1.54) is 17.8 Å². The summed E-state index contributed by atoms with van der Waals surface area (Å²) in [5.74, 6) is 1.81. The molecule has 0 bridgehead atoms. The molecule has 1 aromatic heterocycles. The van der Waals surface area contributed by atoms with E-state index >= 15 is 0 Å². The zero-order valence-electron chi connectivity index (χ0n) is 18.3. The Kier molecular flexibility index (Phi) is 6.99. The van der Waals surface area contributed by atoms with Crippen LogP contribution in [0.15, 0.2) is 63.9 Å². The summed E-state index contributed by atoms with van der Waals surface area (Å²) in [4.78, 5) is 25.8. The molecule has 0 spiro atoms. The van der Waals surface area contributed by atoms with E-state index in [0.717, 1.165) is 5.56 Å². The van der Waals surface area contributed by atoms with E-state index in [1.807, 2.05) is 18.2 Å². The molecule has 0 atom stereocenters. The van der Waals surface area contributed by atoms with Gasteiger partial charge < -0.3 is 13.9 Å². The van der Waals surface area contributed by atoms with Crippen LogP contribution in [-0.4, -0.2) is 40.8 Å². The predicted molar refractivity (Wildman–Crippen MR) is 134 cm³/mol. The number of para-hydroxylation sites is 1. The van der Waals surface area contributed by atoms with Gasteiger partial charge in [-0.15, -0.1) is 0 Å². The average molecular weight is 497 g/mol. The fourth-order valence-corrected chi connectivity index (χ4v) is 4.80. The molecule has 0 unspecified atom stereocenters. The molecular formula is C24H20N2O6S2. The van der Waals surface area contributed by atoms with Gasteiger partial charge >= 0.3 is 0 Å². The van der Waals surface area contributed by atoms with E-state index in [0.29, 0.717) is 50.8 Å². The lowest BCUT2D eigenvalue weighted by Crippen LogP contribution is -2.30. The van der Waals surface area contributed by atoms with Gasteiger partial charge in [0.25, 0.3) is 11.6 Å². The Labute approximate surface area is 205 Å². The van der Waals surface area contributed by atoms with Crippen LogP contribution in [-0.2, 0) is 11.2 Å². The van der Waals surface area contributed by atoms with Crippen molar-refractivity contribution >= 4 is 46.0 Å². The molecule has 8 nitrogen and oxygen atoms in total. The van der Waals surface area contributed by atoms with Crippen LogP contribution in [0.2, 0.25) is 0 Å². The number of ether oxygens (including phenoxy) is 2. The number of nitro groups is 1. The van der Waals surface area contributed by atoms with E-state index in [-0.39, 0.29) is 11.6 Å². The summed E-state index contributed by atoms with van der Waals surface area (Å²) in [6, 6.07) is 15.3. The first-order valence-corrected chi connectivity index (χ1v) is 11.4. The van der Waals surface area contributed by atoms with E-state index in [2.05, 4.69) is 0 Å². The van der Waals surface area contributed by atoms with Crippen LogP contribution in [0.1, 0.15) is 11.3 Å². The first-order valence-electron chi connectivity index (χ1n) is 10.2. The largest absolute Gasteiger partial charge is 0.493 e. The van der Waals surface area contributed by atoms with Crippen molar-refractivity contribution < 1.29 is 23.6 Å². The summed E-state index contributed by atoms with van der Waals surface area (Å²) >= 11 is 6.61. The molecule has 1 aliphatic heterocycles. The number of rotatable bonds is 8. The first kappa shape index (κ1) is 23.5. The minimum Gasteiger partial charge on any atom is -0.493 e. The minimum absolute atomic E-state index is 0.0510. The third-order valence-electron chi connectivity index (χ3n) is 5.21. The zero-order valence-corrected chi connectivity index (χ0v) is 20.0. The summed E-state index contributed by atoms with van der Waals surface area (Å²) in [6.07, 6.45) is 2.19. The van der Waals surface area contributed by atoms with Crippen LogP contribution in [0, 0.1) is 10.1 Å². The molecule has 1 saturated heterocycles. The maximum Gasteiger partial charge on any atom is 0.280 e. The molecular weight excluding hydrogens is 476 g/mol. The van der Waals surface area contributed by atoms with Crippen molar-refractivity contribution in [1.29, 1.82) is 0 Å². The lowest BCUT2D eigenvalue weighted by molar-refractivity contribution is -0.384. The summed E-state index contributed by atoms with van der Waals surface area (Å²) in [6.45, 7) is 0.414. The van der Waals surface area contributed by atoms with Gasteiger partial charge in [0.05, 0.1) is 29.6 Å². The third-order valence-corrected chi connectivity index (χ3v) is 6.59. The Morgan fingerprint density at radius 3 is 2.62 bits per heavy atom. The molecule has 0 saturated carbocycles. The molecule has 0 N–H and O–H groups in total. The topological polar surface area (TPSA) is 95.0 Å². The molecule has 10 heteroatoms. The van der Waals surface area contributed by atoms with Gasteiger partial charge in [-0.25, -0.2) is 0 Å². The highest BCUT2D eigenvalue weighted by Crippen LogP contribution is 2.35. The fourth-order valence-electron chi connectivity index (χ4n) is 3.52. The predicted octanol–water partition coefficient (Wildman–Crippen LogP) is 5.32. The highest BCUT2D eigenvalue weighted by atomic mass is 32.2. The van der Waals surface area contributed by atoms with Gasteiger partial charge in [-0.1, -0.05) is 42.2 Å². The molecule has 0 aliphatic carbocycles. The molecule has 1 aliphatic rings. The number of hydrogen-bond donors (Lipinski definition) is 0. The van der Waals surface area contributed by atoms with Crippen molar-refractivity contribution in [3.8, 4) is 22.8 Å². The van der Waals surface area contributed by atoms with Gasteiger partial charge in [-0.3, -0.25) is 19.8 Å². The average Bonchev–Trinajstić information content (AvgIpc) is 3.41. The third kappa shape index (κ3) is 4.82. The van der Waals surface area contributed by atoms with Gasteiger partial charge in [-0.2, -0.15) is 0 Å². The monoisotopic (exact) mass is 496 g/mol. The fraction of sp³-hybridized carbons (Fsp3) is 0.167. The number of thiocarbonyl (C=S) groups is 1. The summed E-state index contributed by atoms with van der Waals surface area (Å²) in [7, 11) is 3.15. The highest BCUT2D eigenvalue weighted by molar-refractivity contribution is 8.26. The van der Waals surface area contributed by atoms with E-state index < -0.39 is 4.92 Å². The second-order valence-corrected chi connectivity index (χ2v) is 8.92. The number of methoxy groups -OCH3 is 2. The van der Waals surface area contributed by atoms with Crippen molar-refractivity contribution in [3.63, 3.8) is 0 Å². The van der Waals surface area contributed by atoms with Gasteiger partial charge in [0.15, 0.2) is 11.5 Å². The molecule has 3 aromatic rings. The number of hydrogen-bond acceptors (Lipinski definition) is 8. The number of amides is 1. The van der Waals surface area contributed by atoms with Crippen LogP contribution in [0.25, 0.3) is 17.4 Å². The van der Waals surface area contributed by atoms with Crippen molar-refractivity contribution in [2.75, 3.05) is 20.8 Å². The number of thioether (sulfide) groups is 1. The molecule has 174 valence electrons. The molecule has 34 heavy (non-hydrogen) atoms. The smallest absolute Gasteiger partial charge is 0.280 e. The van der Waals surface area contributed by atoms with Crippen molar-refractivity contribution in [3.05, 3.63) is 80.9 Å².